The molecule has 0 aliphatic heterocycles. The van der Waals surface area contributed by atoms with E-state index in [9.17, 15) is 34.8 Å². The molecule has 33 heavy (non-hydrogen) atoms. The lowest BCUT2D eigenvalue weighted by Crippen LogP contribution is -2.46. The molecule has 0 amide bonds. The van der Waals surface area contributed by atoms with Gasteiger partial charge in [-0.25, -0.2) is 21.6 Å². The number of alkyl halides is 3. The maximum atomic E-state index is 13.3. The Morgan fingerprint density at radius 3 is 2.42 bits per heavy atom. The lowest BCUT2D eigenvalue weighted by molar-refractivity contribution is -0.141. The van der Waals surface area contributed by atoms with Gasteiger partial charge in [0.2, 0.25) is 10.0 Å². The predicted molar refractivity (Wildman–Crippen MR) is 114 cm³/mol. The van der Waals surface area contributed by atoms with Gasteiger partial charge in [-0.3, -0.25) is 9.79 Å². The van der Waals surface area contributed by atoms with Crippen molar-refractivity contribution in [1.82, 2.24) is 4.72 Å². The van der Waals surface area contributed by atoms with Crippen molar-refractivity contribution in [3.05, 3.63) is 23.8 Å². The van der Waals surface area contributed by atoms with Gasteiger partial charge in [0.1, 0.15) is 6.54 Å². The van der Waals surface area contributed by atoms with Crippen molar-refractivity contribution in [2.24, 2.45) is 10.9 Å². The molecule has 2 rings (SSSR count). The summed E-state index contributed by atoms with van der Waals surface area (Å²) in [5.41, 5.74) is -1.03. The monoisotopic (exact) mass is 511 g/mol. The average Bonchev–Trinajstić information content (AvgIpc) is 2.70. The van der Waals surface area contributed by atoms with Crippen molar-refractivity contribution >= 4 is 37.8 Å². The molecular weight excluding hydrogens is 487 g/mol. The third-order valence-corrected chi connectivity index (χ3v) is 7.48. The molecule has 0 aromatic heterocycles. The van der Waals surface area contributed by atoms with Gasteiger partial charge < -0.3 is 10.1 Å². The third-order valence-electron chi connectivity index (χ3n) is 4.91. The SMILES string of the molecule is CCOC(=O)CN=C1CCCC(NS(=O)(=O)c2cc(C(F)(F)F)cc(S(C)(=O)=O)c2)C1C=N. The van der Waals surface area contributed by atoms with Gasteiger partial charge in [0.15, 0.2) is 9.84 Å². The molecule has 0 saturated heterocycles. The van der Waals surface area contributed by atoms with Crippen LogP contribution in [0, 0.1) is 11.3 Å². The summed E-state index contributed by atoms with van der Waals surface area (Å²) in [6, 6.07) is 0.466. The molecule has 2 N–H and O–H groups in total. The number of sulfonamides is 1. The average molecular weight is 512 g/mol. The minimum absolute atomic E-state index is 0.159. The molecule has 1 fully saturated rings. The van der Waals surface area contributed by atoms with Gasteiger partial charge in [-0.05, 0) is 44.4 Å². The maximum Gasteiger partial charge on any atom is 0.416 e. The van der Waals surface area contributed by atoms with Crippen LogP contribution in [-0.4, -0.2) is 60.2 Å². The van der Waals surface area contributed by atoms with E-state index in [0.29, 0.717) is 43.0 Å². The Bertz CT molecular complexity index is 1150. The zero-order valence-corrected chi connectivity index (χ0v) is 19.5. The lowest BCUT2D eigenvalue weighted by atomic mass is 9.84. The number of sulfone groups is 1. The Balaban J connectivity index is 2.40. The minimum Gasteiger partial charge on any atom is -0.465 e. The lowest BCUT2D eigenvalue weighted by Gasteiger charge is -2.30. The topological polar surface area (TPSA) is 143 Å². The zero-order valence-electron chi connectivity index (χ0n) is 17.8. The normalized spacial score (nSPS) is 21.1. The van der Waals surface area contributed by atoms with Gasteiger partial charge >= 0.3 is 12.1 Å². The molecule has 14 heteroatoms. The number of aliphatic imine (C=N–C) groups is 1. The van der Waals surface area contributed by atoms with E-state index in [4.69, 9.17) is 10.1 Å². The van der Waals surface area contributed by atoms with E-state index in [1.807, 2.05) is 0 Å². The number of hydrogen-bond donors (Lipinski definition) is 2. The molecule has 2 unspecified atom stereocenters. The van der Waals surface area contributed by atoms with Crippen molar-refractivity contribution < 1.29 is 39.5 Å². The highest BCUT2D eigenvalue weighted by molar-refractivity contribution is 7.91. The van der Waals surface area contributed by atoms with Gasteiger partial charge in [-0.1, -0.05) is 0 Å². The predicted octanol–water partition coefficient (Wildman–Crippen LogP) is 2.21. The van der Waals surface area contributed by atoms with Gasteiger partial charge in [0.05, 0.1) is 22.0 Å². The fraction of sp³-hybridized carbons (Fsp3) is 0.526. The summed E-state index contributed by atoms with van der Waals surface area (Å²) in [5.74, 6) is -1.42. The highest BCUT2D eigenvalue weighted by Gasteiger charge is 2.36. The maximum absolute atomic E-state index is 13.3. The Labute approximate surface area is 189 Å². The van der Waals surface area contributed by atoms with Crippen LogP contribution >= 0.6 is 0 Å². The summed E-state index contributed by atoms with van der Waals surface area (Å²) in [6.07, 6.45) is -2.24. The largest absolute Gasteiger partial charge is 0.465 e. The van der Waals surface area contributed by atoms with Gasteiger partial charge in [-0.15, -0.1) is 0 Å². The molecule has 184 valence electrons. The summed E-state index contributed by atoms with van der Waals surface area (Å²) >= 11 is 0. The van der Waals surface area contributed by atoms with Gasteiger partial charge in [0, 0.05) is 30.1 Å². The van der Waals surface area contributed by atoms with Crippen LogP contribution in [0.4, 0.5) is 13.2 Å². The van der Waals surface area contributed by atoms with Gasteiger partial charge in [0.25, 0.3) is 0 Å². The Morgan fingerprint density at radius 2 is 1.88 bits per heavy atom. The standard InChI is InChI=1S/C19H24F3N3O6S2/c1-3-31-18(26)11-24-16-5-4-6-17(15(16)10-23)25-33(29,30)14-8-12(19(20,21)22)7-13(9-14)32(2,27)28/h7-10,15,17,23,25H,3-6,11H2,1-2H3. The summed E-state index contributed by atoms with van der Waals surface area (Å²) < 4.78 is 96.3. The summed E-state index contributed by atoms with van der Waals surface area (Å²) in [5, 5.41) is 7.68. The molecule has 2 atom stereocenters. The van der Waals surface area contributed by atoms with Crippen molar-refractivity contribution in [3.8, 4) is 0 Å². The first-order chi connectivity index (χ1) is 15.2. The first-order valence-electron chi connectivity index (χ1n) is 9.83. The van der Waals surface area contributed by atoms with Crippen LogP contribution in [0.2, 0.25) is 0 Å². The van der Waals surface area contributed by atoms with Crippen LogP contribution in [0.15, 0.2) is 33.0 Å². The van der Waals surface area contributed by atoms with Gasteiger partial charge in [-0.2, -0.15) is 13.2 Å². The minimum atomic E-state index is -4.97. The number of nitrogens with zero attached hydrogens (tertiary/aromatic N) is 1. The number of ether oxygens (including phenoxy) is 1. The number of halogens is 3. The third kappa shape index (κ3) is 7.08. The van der Waals surface area contributed by atoms with Crippen LogP contribution in [0.1, 0.15) is 31.7 Å². The first kappa shape index (κ1) is 26.9. The zero-order chi connectivity index (χ0) is 25.0. The second-order valence-electron chi connectivity index (χ2n) is 7.39. The van der Waals surface area contributed by atoms with Crippen molar-refractivity contribution in [2.75, 3.05) is 19.4 Å². The molecular formula is C19H24F3N3O6S2. The second kappa shape index (κ2) is 10.3. The molecule has 1 aromatic rings. The summed E-state index contributed by atoms with van der Waals surface area (Å²) in [6.45, 7) is 1.48. The fourth-order valence-electron chi connectivity index (χ4n) is 3.36. The van der Waals surface area contributed by atoms with E-state index < -0.39 is 59.3 Å². The van der Waals surface area contributed by atoms with Crippen LogP contribution in [0.3, 0.4) is 0 Å². The molecule has 1 aliphatic rings. The molecule has 0 radical (unpaired) electrons. The molecule has 0 bridgehead atoms. The Hall–Kier alpha value is -2.32. The van der Waals surface area contributed by atoms with Crippen LogP contribution < -0.4 is 4.72 Å². The molecule has 1 saturated carbocycles. The first-order valence-corrected chi connectivity index (χ1v) is 13.2. The number of carbonyl (C=O) groups excluding carboxylic acids is 1. The number of hydrogen-bond acceptors (Lipinski definition) is 8. The van der Waals surface area contributed by atoms with E-state index in [1.54, 1.807) is 6.92 Å². The highest BCUT2D eigenvalue weighted by Crippen LogP contribution is 2.33. The highest BCUT2D eigenvalue weighted by atomic mass is 32.2. The quantitative estimate of drug-likeness (QED) is 0.405. The van der Waals surface area contributed by atoms with E-state index in [-0.39, 0.29) is 19.6 Å². The molecule has 1 aromatic carbocycles. The second-order valence-corrected chi connectivity index (χ2v) is 11.1. The van der Waals surface area contributed by atoms with Crippen molar-refractivity contribution in [3.63, 3.8) is 0 Å². The molecule has 1 aliphatic carbocycles. The summed E-state index contributed by atoms with van der Waals surface area (Å²) in [4.78, 5) is 14.0. The van der Waals surface area contributed by atoms with E-state index >= 15 is 0 Å². The fourth-order valence-corrected chi connectivity index (χ4v) is 5.48. The van der Waals surface area contributed by atoms with Crippen molar-refractivity contribution in [1.29, 1.82) is 5.41 Å². The summed E-state index contributed by atoms with van der Waals surface area (Å²) in [7, 11) is -8.73. The number of benzene rings is 1. The number of carbonyl (C=O) groups is 1. The number of esters is 1. The van der Waals surface area contributed by atoms with Crippen molar-refractivity contribution in [2.45, 2.75) is 48.2 Å². The molecule has 0 spiro atoms. The van der Waals surface area contributed by atoms with E-state index in [2.05, 4.69) is 9.71 Å². The van der Waals surface area contributed by atoms with Crippen LogP contribution in [0.25, 0.3) is 0 Å². The molecule has 0 heterocycles. The van der Waals surface area contributed by atoms with E-state index in [0.717, 1.165) is 6.21 Å². The van der Waals surface area contributed by atoms with E-state index in [1.165, 1.54) is 0 Å². The smallest absolute Gasteiger partial charge is 0.416 e. The Morgan fingerprint density at radius 1 is 1.24 bits per heavy atom. The van der Waals surface area contributed by atoms with Crippen LogP contribution in [-0.2, 0) is 35.6 Å². The molecule has 9 nitrogen and oxygen atoms in total. The number of rotatable bonds is 8. The number of nitrogens with one attached hydrogen (secondary N) is 2. The Kier molecular flexibility index (Phi) is 8.41. The van der Waals surface area contributed by atoms with Crippen LogP contribution in [0.5, 0.6) is 0 Å².